The Morgan fingerprint density at radius 2 is 2.09 bits per heavy atom. The molecule has 0 aliphatic carbocycles. The average molecular weight is 464 g/mol. The van der Waals surface area contributed by atoms with Crippen molar-refractivity contribution in [2.45, 2.75) is 12.7 Å². The van der Waals surface area contributed by atoms with Gasteiger partial charge in [-0.1, -0.05) is 6.07 Å². The number of halogens is 4. The molecule has 1 aromatic heterocycles. The van der Waals surface area contributed by atoms with Crippen molar-refractivity contribution in [2.24, 2.45) is 4.99 Å². The molecule has 0 bridgehead atoms. The maximum Gasteiger partial charge on any atom is 0.422 e. The monoisotopic (exact) mass is 464 g/mol. The maximum atomic E-state index is 12.0. The van der Waals surface area contributed by atoms with Gasteiger partial charge in [0.15, 0.2) is 12.6 Å². The molecule has 0 fully saturated rings. The van der Waals surface area contributed by atoms with Crippen LogP contribution in [0.1, 0.15) is 5.56 Å². The van der Waals surface area contributed by atoms with Crippen LogP contribution in [0, 0.1) is 0 Å². The maximum absolute atomic E-state index is 12.0. The van der Waals surface area contributed by atoms with Crippen LogP contribution in [0.2, 0.25) is 0 Å². The predicted octanol–water partition coefficient (Wildman–Crippen LogP) is 2.67. The Hall–Kier alpha value is -0.910. The molecular formula is C13H20F3IN4OS. The third kappa shape index (κ3) is 10.5. The van der Waals surface area contributed by atoms with Crippen molar-refractivity contribution in [3.05, 3.63) is 23.9 Å². The van der Waals surface area contributed by atoms with E-state index in [2.05, 4.69) is 25.3 Å². The van der Waals surface area contributed by atoms with E-state index in [-0.39, 0.29) is 29.9 Å². The normalized spacial score (nSPS) is 11.6. The van der Waals surface area contributed by atoms with E-state index in [1.54, 1.807) is 24.9 Å². The number of hydrogen-bond acceptors (Lipinski definition) is 4. The molecule has 0 saturated carbocycles. The Morgan fingerprint density at radius 1 is 1.35 bits per heavy atom. The molecule has 132 valence electrons. The van der Waals surface area contributed by atoms with Crippen LogP contribution in [0.3, 0.4) is 0 Å². The van der Waals surface area contributed by atoms with Gasteiger partial charge >= 0.3 is 6.18 Å². The molecule has 23 heavy (non-hydrogen) atoms. The van der Waals surface area contributed by atoms with Crippen LogP contribution < -0.4 is 15.4 Å². The highest BCUT2D eigenvalue weighted by Crippen LogP contribution is 2.16. The summed E-state index contributed by atoms with van der Waals surface area (Å²) in [5, 5.41) is 6.23. The van der Waals surface area contributed by atoms with E-state index in [1.165, 1.54) is 12.3 Å². The van der Waals surface area contributed by atoms with Crippen molar-refractivity contribution in [2.75, 3.05) is 32.2 Å². The molecule has 0 saturated heterocycles. The van der Waals surface area contributed by atoms with Crippen molar-refractivity contribution < 1.29 is 17.9 Å². The molecule has 0 atom stereocenters. The molecule has 1 aromatic rings. The van der Waals surface area contributed by atoms with Crippen LogP contribution in [0.4, 0.5) is 13.2 Å². The van der Waals surface area contributed by atoms with Gasteiger partial charge in [0, 0.05) is 38.2 Å². The van der Waals surface area contributed by atoms with Gasteiger partial charge < -0.3 is 15.4 Å². The van der Waals surface area contributed by atoms with Crippen molar-refractivity contribution >= 4 is 41.7 Å². The summed E-state index contributed by atoms with van der Waals surface area (Å²) in [5.74, 6) is 1.57. The van der Waals surface area contributed by atoms with Gasteiger partial charge in [-0.2, -0.15) is 24.9 Å². The highest BCUT2D eigenvalue weighted by Gasteiger charge is 2.28. The van der Waals surface area contributed by atoms with Crippen LogP contribution in [-0.2, 0) is 6.54 Å². The van der Waals surface area contributed by atoms with Crippen LogP contribution >= 0.6 is 35.7 Å². The summed E-state index contributed by atoms with van der Waals surface area (Å²) in [6.45, 7) is -0.0849. The van der Waals surface area contributed by atoms with Gasteiger partial charge in [-0.25, -0.2) is 4.98 Å². The van der Waals surface area contributed by atoms with E-state index in [9.17, 15) is 13.2 Å². The summed E-state index contributed by atoms with van der Waals surface area (Å²) in [6.07, 6.45) is -0.878. The van der Waals surface area contributed by atoms with E-state index >= 15 is 0 Å². The van der Waals surface area contributed by atoms with Crippen molar-refractivity contribution in [1.29, 1.82) is 0 Å². The van der Waals surface area contributed by atoms with Crippen molar-refractivity contribution in [3.63, 3.8) is 0 Å². The summed E-state index contributed by atoms with van der Waals surface area (Å²) < 4.78 is 40.6. The zero-order valence-electron chi connectivity index (χ0n) is 12.8. The number of nitrogens with one attached hydrogen (secondary N) is 2. The lowest BCUT2D eigenvalue weighted by atomic mass is 10.3. The highest BCUT2D eigenvalue weighted by atomic mass is 127. The molecule has 0 amide bonds. The number of hydrogen-bond donors (Lipinski definition) is 2. The summed E-state index contributed by atoms with van der Waals surface area (Å²) in [5.41, 5.74) is 0.812. The largest absolute Gasteiger partial charge is 0.468 e. The molecule has 2 N–H and O–H groups in total. The SMILES string of the molecule is CN=C(NCCSC)NCc1ccc(OCC(F)(F)F)nc1.I. The number of aromatic nitrogens is 1. The second-order valence-corrected chi connectivity index (χ2v) is 5.24. The number of alkyl halides is 3. The summed E-state index contributed by atoms with van der Waals surface area (Å²) in [4.78, 5) is 7.90. The molecule has 0 aromatic carbocycles. The highest BCUT2D eigenvalue weighted by molar-refractivity contribution is 14.0. The number of thioether (sulfide) groups is 1. The Balaban J connectivity index is 0.00000484. The molecule has 0 spiro atoms. The molecule has 5 nitrogen and oxygen atoms in total. The first-order chi connectivity index (χ1) is 10.4. The number of aliphatic imine (C=N–C) groups is 1. The molecule has 0 aliphatic heterocycles. The first kappa shape index (κ1) is 22.1. The van der Waals surface area contributed by atoms with E-state index in [0.29, 0.717) is 12.5 Å². The number of pyridine rings is 1. The van der Waals surface area contributed by atoms with Crippen molar-refractivity contribution in [3.8, 4) is 5.88 Å². The average Bonchev–Trinajstić information content (AvgIpc) is 2.49. The zero-order valence-corrected chi connectivity index (χ0v) is 16.0. The fraction of sp³-hybridized carbons (Fsp3) is 0.538. The van der Waals surface area contributed by atoms with E-state index in [0.717, 1.165) is 17.9 Å². The molecule has 1 heterocycles. The van der Waals surface area contributed by atoms with E-state index < -0.39 is 12.8 Å². The molecule has 10 heteroatoms. The predicted molar refractivity (Wildman–Crippen MR) is 97.8 cm³/mol. The van der Waals surface area contributed by atoms with Crippen molar-refractivity contribution in [1.82, 2.24) is 15.6 Å². The molecular weight excluding hydrogens is 444 g/mol. The Morgan fingerprint density at radius 3 is 2.61 bits per heavy atom. The topological polar surface area (TPSA) is 58.5 Å². The summed E-state index contributed by atoms with van der Waals surface area (Å²) in [6, 6.07) is 3.06. The smallest absolute Gasteiger partial charge is 0.422 e. The Bertz CT molecular complexity index is 471. The van der Waals surface area contributed by atoms with Crippen LogP contribution in [0.25, 0.3) is 0 Å². The van der Waals surface area contributed by atoms with E-state index in [4.69, 9.17) is 0 Å². The van der Waals surface area contributed by atoms with Crippen LogP contribution in [0.15, 0.2) is 23.3 Å². The van der Waals surface area contributed by atoms with Gasteiger partial charge in [0.1, 0.15) is 0 Å². The van der Waals surface area contributed by atoms with E-state index in [1.807, 2.05) is 6.26 Å². The zero-order chi connectivity index (χ0) is 16.4. The Kier molecular flexibility index (Phi) is 11.1. The minimum atomic E-state index is -4.36. The second-order valence-electron chi connectivity index (χ2n) is 4.25. The lowest BCUT2D eigenvalue weighted by Crippen LogP contribution is -2.37. The van der Waals surface area contributed by atoms with Gasteiger partial charge in [-0.15, -0.1) is 24.0 Å². The molecule has 0 aliphatic rings. The molecule has 0 radical (unpaired) electrons. The fourth-order valence-electron chi connectivity index (χ4n) is 1.43. The standard InChI is InChI=1S/C13H19F3N4OS.HI/c1-17-12(18-5-6-22-2)20-8-10-3-4-11(19-7-10)21-9-13(14,15)16;/h3-4,7H,5-6,8-9H2,1-2H3,(H2,17,18,20);1H. The number of nitrogens with zero attached hydrogens (tertiary/aromatic N) is 2. The first-order valence-corrected chi connectivity index (χ1v) is 7.92. The minimum Gasteiger partial charge on any atom is -0.468 e. The van der Waals surface area contributed by atoms with Gasteiger partial charge in [0.05, 0.1) is 0 Å². The second kappa shape index (κ2) is 11.6. The number of guanidine groups is 1. The fourth-order valence-corrected chi connectivity index (χ4v) is 1.74. The van der Waals surface area contributed by atoms with Crippen LogP contribution in [0.5, 0.6) is 5.88 Å². The molecule has 0 unspecified atom stereocenters. The van der Waals surface area contributed by atoms with Crippen LogP contribution in [-0.4, -0.2) is 49.3 Å². The quantitative estimate of drug-likeness (QED) is 0.281. The number of ether oxygens (including phenoxy) is 1. The lowest BCUT2D eigenvalue weighted by molar-refractivity contribution is -0.154. The molecule has 1 rings (SSSR count). The Labute approximate surface area is 154 Å². The summed E-state index contributed by atoms with van der Waals surface area (Å²) in [7, 11) is 1.67. The first-order valence-electron chi connectivity index (χ1n) is 6.52. The van der Waals surface area contributed by atoms with Gasteiger partial charge in [0.2, 0.25) is 5.88 Å². The van der Waals surface area contributed by atoms with Gasteiger partial charge in [-0.3, -0.25) is 4.99 Å². The lowest BCUT2D eigenvalue weighted by Gasteiger charge is -2.12. The summed E-state index contributed by atoms with van der Waals surface area (Å²) >= 11 is 1.73. The van der Waals surface area contributed by atoms with Gasteiger partial charge in [-0.05, 0) is 11.8 Å². The third-order valence-electron chi connectivity index (χ3n) is 2.46. The van der Waals surface area contributed by atoms with Gasteiger partial charge in [0.25, 0.3) is 0 Å². The third-order valence-corrected chi connectivity index (χ3v) is 3.08. The minimum absolute atomic E-state index is 0. The number of rotatable bonds is 7.